The van der Waals surface area contributed by atoms with Crippen LogP contribution in [0.4, 0.5) is 10.3 Å². The molecular formula is C14H9ClFN5O. The molecule has 0 aliphatic carbocycles. The maximum atomic E-state index is 13.1. The molecule has 3 rings (SSSR count). The number of hydrogen-bond acceptors (Lipinski definition) is 5. The van der Waals surface area contributed by atoms with Crippen LogP contribution < -0.4 is 5.73 Å². The van der Waals surface area contributed by atoms with Crippen LogP contribution in [0.3, 0.4) is 0 Å². The van der Waals surface area contributed by atoms with Gasteiger partial charge in [0.15, 0.2) is 5.82 Å². The molecule has 2 N–H and O–H groups in total. The predicted molar refractivity (Wildman–Crippen MR) is 78.8 cm³/mol. The number of anilines is 1. The molecule has 0 spiro atoms. The van der Waals surface area contributed by atoms with Gasteiger partial charge in [-0.05, 0) is 30.3 Å². The molecule has 0 saturated carbocycles. The molecule has 0 fully saturated rings. The molecule has 110 valence electrons. The molecule has 0 unspecified atom stereocenters. The number of halogens is 2. The molecule has 0 radical (unpaired) electrons. The van der Waals surface area contributed by atoms with Gasteiger partial charge < -0.3 is 5.73 Å². The number of nitrogens with two attached hydrogens (primary N) is 1. The average molecular weight is 318 g/mol. The summed E-state index contributed by atoms with van der Waals surface area (Å²) < 4.78 is 14.0. The van der Waals surface area contributed by atoms with Crippen LogP contribution in [0.1, 0.15) is 10.4 Å². The minimum atomic E-state index is -0.592. The van der Waals surface area contributed by atoms with Crippen molar-refractivity contribution >= 4 is 23.5 Å². The van der Waals surface area contributed by atoms with Crippen molar-refractivity contribution in [3.8, 4) is 11.4 Å². The Hall–Kier alpha value is -2.80. The Morgan fingerprint density at radius 2 is 2.14 bits per heavy atom. The number of nitrogen functional groups attached to an aromatic ring is 1. The van der Waals surface area contributed by atoms with Gasteiger partial charge in [-0.1, -0.05) is 11.6 Å². The zero-order chi connectivity index (χ0) is 15.7. The molecule has 0 aliphatic heterocycles. The summed E-state index contributed by atoms with van der Waals surface area (Å²) in [6.07, 6.45) is 3.15. The summed E-state index contributed by atoms with van der Waals surface area (Å²) in [5.41, 5.74) is 6.43. The molecule has 6 nitrogen and oxygen atoms in total. The summed E-state index contributed by atoms with van der Waals surface area (Å²) in [5, 5.41) is 4.03. The number of rotatable bonds is 2. The van der Waals surface area contributed by atoms with Crippen molar-refractivity contribution in [1.82, 2.24) is 19.7 Å². The fourth-order valence-corrected chi connectivity index (χ4v) is 2.12. The molecule has 22 heavy (non-hydrogen) atoms. The first-order chi connectivity index (χ1) is 10.6. The van der Waals surface area contributed by atoms with Crippen LogP contribution >= 0.6 is 11.6 Å². The van der Waals surface area contributed by atoms with Crippen molar-refractivity contribution in [2.45, 2.75) is 0 Å². The van der Waals surface area contributed by atoms with Crippen LogP contribution in [0.2, 0.25) is 5.02 Å². The zero-order valence-electron chi connectivity index (χ0n) is 11.1. The van der Waals surface area contributed by atoms with E-state index in [-0.39, 0.29) is 22.4 Å². The third-order valence-corrected chi connectivity index (χ3v) is 3.22. The lowest BCUT2D eigenvalue weighted by atomic mass is 10.2. The first kappa shape index (κ1) is 14.2. The van der Waals surface area contributed by atoms with Crippen LogP contribution in [0.15, 0.2) is 42.7 Å². The molecule has 0 amide bonds. The Bertz CT molecular complexity index is 850. The first-order valence-electron chi connectivity index (χ1n) is 6.19. The monoisotopic (exact) mass is 317 g/mol. The molecule has 2 heterocycles. The van der Waals surface area contributed by atoms with Crippen LogP contribution in [0, 0.1) is 5.82 Å². The van der Waals surface area contributed by atoms with E-state index in [1.807, 2.05) is 0 Å². The maximum absolute atomic E-state index is 13.1. The van der Waals surface area contributed by atoms with Gasteiger partial charge in [-0.3, -0.25) is 9.78 Å². The lowest BCUT2D eigenvalue weighted by Crippen LogP contribution is -2.17. The van der Waals surface area contributed by atoms with Crippen molar-refractivity contribution in [2.75, 3.05) is 5.73 Å². The third-order valence-electron chi connectivity index (χ3n) is 2.91. The van der Waals surface area contributed by atoms with E-state index in [2.05, 4.69) is 15.1 Å². The highest BCUT2D eigenvalue weighted by Crippen LogP contribution is 2.21. The number of hydrogen-bond donors (Lipinski definition) is 1. The van der Waals surface area contributed by atoms with Gasteiger partial charge in [0.1, 0.15) is 5.82 Å². The summed E-state index contributed by atoms with van der Waals surface area (Å²) in [5.74, 6) is -0.962. The van der Waals surface area contributed by atoms with E-state index in [0.29, 0.717) is 5.56 Å². The molecule has 0 aliphatic rings. The maximum Gasteiger partial charge on any atom is 0.282 e. The van der Waals surface area contributed by atoms with Gasteiger partial charge >= 0.3 is 0 Å². The Labute approximate surface area is 129 Å². The Kier molecular flexibility index (Phi) is 3.56. The number of nitrogens with zero attached hydrogens (tertiary/aromatic N) is 4. The van der Waals surface area contributed by atoms with Crippen LogP contribution in [-0.2, 0) is 0 Å². The van der Waals surface area contributed by atoms with Crippen molar-refractivity contribution in [3.63, 3.8) is 0 Å². The smallest absolute Gasteiger partial charge is 0.282 e. The lowest BCUT2D eigenvalue weighted by Gasteiger charge is -2.03. The third kappa shape index (κ3) is 2.53. The summed E-state index contributed by atoms with van der Waals surface area (Å²) in [7, 11) is 0. The number of carbonyl (C=O) groups excluding carboxylic acids is 1. The van der Waals surface area contributed by atoms with Gasteiger partial charge in [-0.15, -0.1) is 5.10 Å². The first-order valence-corrected chi connectivity index (χ1v) is 6.57. The molecular weight excluding hydrogens is 309 g/mol. The number of aromatic nitrogens is 4. The second-order valence-electron chi connectivity index (χ2n) is 4.38. The van der Waals surface area contributed by atoms with E-state index in [4.69, 9.17) is 17.3 Å². The SMILES string of the molecule is Nc1nc(-c2cccnc2)nn1C(=O)c1ccc(F)cc1Cl. The highest BCUT2D eigenvalue weighted by atomic mass is 35.5. The van der Waals surface area contributed by atoms with Gasteiger partial charge in [0, 0.05) is 18.0 Å². The van der Waals surface area contributed by atoms with Crippen molar-refractivity contribution in [2.24, 2.45) is 0 Å². The Morgan fingerprint density at radius 3 is 2.82 bits per heavy atom. The lowest BCUT2D eigenvalue weighted by molar-refractivity contribution is 0.0948. The number of carbonyl (C=O) groups is 1. The quantitative estimate of drug-likeness (QED) is 0.784. The molecule has 8 heteroatoms. The van der Waals surface area contributed by atoms with Crippen molar-refractivity contribution < 1.29 is 9.18 Å². The second kappa shape index (κ2) is 5.53. The van der Waals surface area contributed by atoms with Gasteiger partial charge in [-0.25, -0.2) is 4.39 Å². The standard InChI is InChI=1S/C14H9ClFN5O/c15-11-6-9(16)3-4-10(11)13(22)21-14(17)19-12(20-21)8-2-1-5-18-7-8/h1-7H,(H2,17,19,20). The van der Waals surface area contributed by atoms with Gasteiger partial charge in [0.2, 0.25) is 5.95 Å². The fraction of sp³-hybridized carbons (Fsp3) is 0. The van der Waals surface area contributed by atoms with Gasteiger partial charge in [-0.2, -0.15) is 9.67 Å². The van der Waals surface area contributed by atoms with E-state index in [1.165, 1.54) is 6.07 Å². The van der Waals surface area contributed by atoms with E-state index in [1.54, 1.807) is 24.5 Å². The average Bonchev–Trinajstić information content (AvgIpc) is 2.89. The topological polar surface area (TPSA) is 86.7 Å². The molecule has 2 aromatic heterocycles. The number of benzene rings is 1. The van der Waals surface area contributed by atoms with E-state index >= 15 is 0 Å². The Balaban J connectivity index is 2.02. The molecule has 1 aromatic carbocycles. The van der Waals surface area contributed by atoms with E-state index in [0.717, 1.165) is 16.8 Å². The second-order valence-corrected chi connectivity index (χ2v) is 4.78. The fourth-order valence-electron chi connectivity index (χ4n) is 1.87. The minimum absolute atomic E-state index is 0.0252. The number of pyridine rings is 1. The zero-order valence-corrected chi connectivity index (χ0v) is 11.8. The summed E-state index contributed by atoms with van der Waals surface area (Å²) in [4.78, 5) is 20.4. The molecule has 0 bridgehead atoms. The van der Waals surface area contributed by atoms with Gasteiger partial charge in [0.25, 0.3) is 5.91 Å². The molecule has 0 saturated heterocycles. The molecule has 0 atom stereocenters. The highest BCUT2D eigenvalue weighted by Gasteiger charge is 2.19. The predicted octanol–water partition coefficient (Wildman–Crippen LogP) is 2.40. The highest BCUT2D eigenvalue weighted by molar-refractivity contribution is 6.33. The van der Waals surface area contributed by atoms with Crippen molar-refractivity contribution in [1.29, 1.82) is 0 Å². The van der Waals surface area contributed by atoms with Crippen LogP contribution in [0.5, 0.6) is 0 Å². The summed E-state index contributed by atoms with van der Waals surface area (Å²) in [6, 6.07) is 6.90. The van der Waals surface area contributed by atoms with Gasteiger partial charge in [0.05, 0.1) is 10.6 Å². The normalized spacial score (nSPS) is 10.6. The van der Waals surface area contributed by atoms with Crippen molar-refractivity contribution in [3.05, 3.63) is 59.1 Å². The van der Waals surface area contributed by atoms with E-state index in [9.17, 15) is 9.18 Å². The van der Waals surface area contributed by atoms with E-state index < -0.39 is 11.7 Å². The largest absolute Gasteiger partial charge is 0.368 e. The minimum Gasteiger partial charge on any atom is -0.368 e. The summed E-state index contributed by atoms with van der Waals surface area (Å²) in [6.45, 7) is 0. The summed E-state index contributed by atoms with van der Waals surface area (Å²) >= 11 is 5.88. The van der Waals surface area contributed by atoms with Crippen LogP contribution in [-0.4, -0.2) is 25.7 Å². The Morgan fingerprint density at radius 1 is 1.32 bits per heavy atom. The van der Waals surface area contributed by atoms with Crippen LogP contribution in [0.25, 0.3) is 11.4 Å². The molecule has 3 aromatic rings.